The Labute approximate surface area is 119 Å². The third kappa shape index (κ3) is 6.92. The van der Waals surface area contributed by atoms with Gasteiger partial charge in [-0.3, -0.25) is 4.79 Å². The molecule has 0 fully saturated rings. The molecule has 4 heteroatoms. The van der Waals surface area contributed by atoms with Gasteiger partial charge in [0, 0.05) is 13.1 Å². The van der Waals surface area contributed by atoms with Gasteiger partial charge in [-0.25, -0.2) is 0 Å². The molecule has 0 heterocycles. The van der Waals surface area contributed by atoms with E-state index in [4.69, 9.17) is 5.73 Å². The fraction of sp³-hybridized carbons (Fsp3) is 0.933. The monoisotopic (exact) mass is 271 g/mol. The normalized spacial score (nSPS) is 11.9. The zero-order valence-electron chi connectivity index (χ0n) is 13.3. The van der Waals surface area contributed by atoms with Crippen LogP contribution in [0.25, 0.3) is 0 Å². The first-order valence-electron chi connectivity index (χ1n) is 7.65. The van der Waals surface area contributed by atoms with Gasteiger partial charge in [0.05, 0.1) is 5.41 Å². The van der Waals surface area contributed by atoms with E-state index >= 15 is 0 Å². The highest BCUT2D eigenvalue weighted by Gasteiger charge is 2.34. The molecule has 0 aliphatic rings. The highest BCUT2D eigenvalue weighted by Crippen LogP contribution is 2.28. The van der Waals surface area contributed by atoms with Gasteiger partial charge >= 0.3 is 0 Å². The van der Waals surface area contributed by atoms with Gasteiger partial charge < -0.3 is 16.0 Å². The largest absolute Gasteiger partial charge is 0.356 e. The molecule has 1 amide bonds. The summed E-state index contributed by atoms with van der Waals surface area (Å²) in [6.07, 6.45) is 5.94. The standard InChI is InChI=1S/C15H33N3O/c1-5-9-15(13-16,10-6-2)14(19)17-11-7-8-12-18(3)4/h5-13,16H2,1-4H3,(H,17,19). The van der Waals surface area contributed by atoms with Crippen LogP contribution in [0.5, 0.6) is 0 Å². The molecule has 0 radical (unpaired) electrons. The Bertz CT molecular complexity index is 236. The van der Waals surface area contributed by atoms with Gasteiger partial charge in [0.2, 0.25) is 5.91 Å². The number of rotatable bonds is 11. The maximum absolute atomic E-state index is 12.4. The average molecular weight is 271 g/mol. The molecule has 0 aromatic carbocycles. The third-order valence-electron chi connectivity index (χ3n) is 3.65. The van der Waals surface area contributed by atoms with Crippen molar-refractivity contribution in [2.24, 2.45) is 11.1 Å². The van der Waals surface area contributed by atoms with Gasteiger partial charge in [-0.05, 0) is 46.3 Å². The minimum absolute atomic E-state index is 0.156. The topological polar surface area (TPSA) is 58.4 Å². The Morgan fingerprint density at radius 2 is 1.74 bits per heavy atom. The van der Waals surface area contributed by atoms with Crippen molar-refractivity contribution in [1.29, 1.82) is 0 Å². The van der Waals surface area contributed by atoms with Gasteiger partial charge in [-0.2, -0.15) is 0 Å². The zero-order valence-corrected chi connectivity index (χ0v) is 13.3. The number of nitrogens with two attached hydrogens (primary N) is 1. The molecule has 0 rings (SSSR count). The van der Waals surface area contributed by atoms with Crippen LogP contribution in [-0.4, -0.2) is 44.5 Å². The quantitative estimate of drug-likeness (QED) is 0.565. The fourth-order valence-corrected chi connectivity index (χ4v) is 2.55. The second-order valence-corrected chi connectivity index (χ2v) is 5.75. The van der Waals surface area contributed by atoms with Crippen molar-refractivity contribution in [2.45, 2.75) is 52.4 Å². The summed E-state index contributed by atoms with van der Waals surface area (Å²) in [5.41, 5.74) is 5.54. The Kier molecular flexibility index (Phi) is 9.88. The first-order valence-corrected chi connectivity index (χ1v) is 7.65. The average Bonchev–Trinajstić information content (AvgIpc) is 2.37. The lowest BCUT2D eigenvalue weighted by atomic mass is 9.78. The summed E-state index contributed by atoms with van der Waals surface area (Å²) in [6, 6.07) is 0. The van der Waals surface area contributed by atoms with Crippen LogP contribution in [0, 0.1) is 5.41 Å². The van der Waals surface area contributed by atoms with Crippen LogP contribution < -0.4 is 11.1 Å². The van der Waals surface area contributed by atoms with Crippen molar-refractivity contribution in [3.05, 3.63) is 0 Å². The van der Waals surface area contributed by atoms with Crippen molar-refractivity contribution in [3.8, 4) is 0 Å². The van der Waals surface area contributed by atoms with Crippen LogP contribution in [0.15, 0.2) is 0 Å². The fourth-order valence-electron chi connectivity index (χ4n) is 2.55. The van der Waals surface area contributed by atoms with Crippen LogP contribution in [0.3, 0.4) is 0 Å². The second kappa shape index (κ2) is 10.2. The molecule has 19 heavy (non-hydrogen) atoms. The van der Waals surface area contributed by atoms with E-state index in [-0.39, 0.29) is 11.3 Å². The molecule has 0 bridgehead atoms. The van der Waals surface area contributed by atoms with Crippen molar-refractivity contribution in [2.75, 3.05) is 33.7 Å². The van der Waals surface area contributed by atoms with Crippen LogP contribution >= 0.6 is 0 Å². The summed E-state index contributed by atoms with van der Waals surface area (Å²) in [4.78, 5) is 14.5. The first kappa shape index (κ1) is 18.4. The molecule has 3 N–H and O–H groups in total. The Morgan fingerprint density at radius 3 is 2.16 bits per heavy atom. The van der Waals surface area contributed by atoms with Gasteiger partial charge in [0.1, 0.15) is 0 Å². The summed E-state index contributed by atoms with van der Waals surface area (Å²) < 4.78 is 0. The Hall–Kier alpha value is -0.610. The minimum Gasteiger partial charge on any atom is -0.356 e. The number of amides is 1. The lowest BCUT2D eigenvalue weighted by Gasteiger charge is -2.30. The number of carbonyl (C=O) groups excluding carboxylic acids is 1. The highest BCUT2D eigenvalue weighted by molar-refractivity contribution is 5.82. The predicted molar refractivity (Wildman–Crippen MR) is 82.1 cm³/mol. The van der Waals surface area contributed by atoms with E-state index in [1.807, 2.05) is 0 Å². The van der Waals surface area contributed by atoms with E-state index in [2.05, 4.69) is 38.2 Å². The van der Waals surface area contributed by atoms with Crippen molar-refractivity contribution < 1.29 is 4.79 Å². The van der Waals surface area contributed by atoms with Crippen LogP contribution in [0.1, 0.15) is 52.4 Å². The van der Waals surface area contributed by atoms with E-state index in [9.17, 15) is 4.79 Å². The molecular formula is C15H33N3O. The second-order valence-electron chi connectivity index (χ2n) is 5.75. The van der Waals surface area contributed by atoms with Crippen LogP contribution in [0.2, 0.25) is 0 Å². The number of nitrogens with zero attached hydrogens (tertiary/aromatic N) is 1. The summed E-state index contributed by atoms with van der Waals surface area (Å²) in [6.45, 7) is 6.52. The molecule has 0 saturated heterocycles. The van der Waals surface area contributed by atoms with Crippen LogP contribution in [0.4, 0.5) is 0 Å². The molecule has 0 unspecified atom stereocenters. The molecule has 0 aliphatic carbocycles. The summed E-state index contributed by atoms with van der Waals surface area (Å²) in [5, 5.41) is 3.08. The van der Waals surface area contributed by atoms with E-state index in [1.165, 1.54) is 0 Å². The molecule has 0 atom stereocenters. The number of nitrogens with one attached hydrogen (secondary N) is 1. The van der Waals surface area contributed by atoms with Gasteiger partial charge in [0.25, 0.3) is 0 Å². The molecule has 0 aromatic rings. The molecule has 4 nitrogen and oxygen atoms in total. The van der Waals surface area contributed by atoms with Gasteiger partial charge in [0.15, 0.2) is 0 Å². The molecular weight excluding hydrogens is 238 g/mol. The lowest BCUT2D eigenvalue weighted by Crippen LogP contribution is -2.46. The van der Waals surface area contributed by atoms with E-state index in [0.29, 0.717) is 6.54 Å². The number of unbranched alkanes of at least 4 members (excludes halogenated alkanes) is 1. The smallest absolute Gasteiger partial charge is 0.227 e. The highest BCUT2D eigenvalue weighted by atomic mass is 16.2. The maximum atomic E-state index is 12.4. The molecule has 0 aliphatic heterocycles. The van der Waals surface area contributed by atoms with Crippen molar-refractivity contribution >= 4 is 5.91 Å². The van der Waals surface area contributed by atoms with Crippen molar-refractivity contribution in [1.82, 2.24) is 10.2 Å². The maximum Gasteiger partial charge on any atom is 0.227 e. The summed E-state index contributed by atoms with van der Waals surface area (Å²) in [7, 11) is 4.14. The molecule has 114 valence electrons. The lowest BCUT2D eigenvalue weighted by molar-refractivity contribution is -0.131. The zero-order chi connectivity index (χ0) is 14.7. The van der Waals surface area contributed by atoms with E-state index in [0.717, 1.165) is 51.6 Å². The van der Waals surface area contributed by atoms with Gasteiger partial charge in [-0.15, -0.1) is 0 Å². The molecule has 0 spiro atoms. The number of carbonyl (C=O) groups is 1. The molecule has 0 aromatic heterocycles. The predicted octanol–water partition coefficient (Wildman–Crippen LogP) is 1.99. The van der Waals surface area contributed by atoms with Crippen LogP contribution in [-0.2, 0) is 4.79 Å². The van der Waals surface area contributed by atoms with E-state index in [1.54, 1.807) is 0 Å². The summed E-state index contributed by atoms with van der Waals surface area (Å²) in [5.74, 6) is 0.156. The Morgan fingerprint density at radius 1 is 1.16 bits per heavy atom. The number of hydrogen-bond acceptors (Lipinski definition) is 3. The third-order valence-corrected chi connectivity index (χ3v) is 3.65. The van der Waals surface area contributed by atoms with Crippen molar-refractivity contribution in [3.63, 3.8) is 0 Å². The van der Waals surface area contributed by atoms with E-state index < -0.39 is 0 Å². The number of hydrogen-bond donors (Lipinski definition) is 2. The molecule has 0 saturated carbocycles. The minimum atomic E-state index is -0.342. The SMILES string of the molecule is CCCC(CN)(CCC)C(=O)NCCCCN(C)C. The first-order chi connectivity index (χ1) is 9.02. The summed E-state index contributed by atoms with van der Waals surface area (Å²) >= 11 is 0. The van der Waals surface area contributed by atoms with Gasteiger partial charge in [-0.1, -0.05) is 26.7 Å². The Balaban J connectivity index is 4.17.